The first-order chi connectivity index (χ1) is 13.4. The molecule has 0 bridgehead atoms. The van der Waals surface area contributed by atoms with Gasteiger partial charge in [0.15, 0.2) is 5.96 Å². The van der Waals surface area contributed by atoms with Gasteiger partial charge in [0.25, 0.3) is 0 Å². The molecule has 0 saturated carbocycles. The van der Waals surface area contributed by atoms with Crippen molar-refractivity contribution in [3.63, 3.8) is 0 Å². The number of hydrogen-bond donors (Lipinski definition) is 3. The summed E-state index contributed by atoms with van der Waals surface area (Å²) < 4.78 is 31.6. The Morgan fingerprint density at radius 2 is 1.96 bits per heavy atom. The van der Waals surface area contributed by atoms with Crippen molar-refractivity contribution in [2.75, 3.05) is 32.0 Å². The van der Waals surface area contributed by atoms with Crippen molar-refractivity contribution in [2.24, 2.45) is 10.7 Å². The molecule has 10 heteroatoms. The van der Waals surface area contributed by atoms with Crippen LogP contribution < -0.4 is 15.8 Å². The zero-order valence-electron chi connectivity index (χ0n) is 16.1. The minimum Gasteiger partial charge on any atom is -0.450 e. The number of aliphatic imine (C=N–C) groups is 1. The highest BCUT2D eigenvalue weighted by Crippen LogP contribution is 2.11. The molecule has 2 rings (SSSR count). The zero-order chi connectivity index (χ0) is 20.4. The first-order valence-corrected chi connectivity index (χ1v) is 11.0. The molecular formula is C18H29N5O4S. The van der Waals surface area contributed by atoms with Gasteiger partial charge < -0.3 is 20.7 Å². The predicted octanol–water partition coefficient (Wildman–Crippen LogP) is 0.631. The number of nitrogens with one attached hydrogen (secondary N) is 2. The van der Waals surface area contributed by atoms with Crippen LogP contribution in [0.2, 0.25) is 0 Å². The molecule has 0 aliphatic carbocycles. The lowest BCUT2D eigenvalue weighted by molar-refractivity contribution is 0.0963. The number of carbonyl (C=O) groups is 1. The Bertz CT molecular complexity index is 746. The highest BCUT2D eigenvalue weighted by atomic mass is 32.2. The lowest BCUT2D eigenvalue weighted by atomic mass is 10.1. The van der Waals surface area contributed by atoms with Crippen LogP contribution in [0.1, 0.15) is 25.3 Å². The average Bonchev–Trinajstić information content (AvgIpc) is 2.68. The fourth-order valence-corrected chi connectivity index (χ4v) is 3.69. The van der Waals surface area contributed by atoms with Gasteiger partial charge >= 0.3 is 6.09 Å². The molecule has 0 unspecified atom stereocenters. The molecule has 0 radical (unpaired) electrons. The average molecular weight is 412 g/mol. The predicted molar refractivity (Wildman–Crippen MR) is 108 cm³/mol. The molecule has 0 spiro atoms. The Hall–Kier alpha value is -2.33. The first-order valence-electron chi connectivity index (χ1n) is 9.39. The maximum absolute atomic E-state index is 12.0. The van der Waals surface area contributed by atoms with E-state index in [4.69, 9.17) is 10.5 Å². The number of carbonyl (C=O) groups excluding carboxylic acids is 1. The van der Waals surface area contributed by atoms with Gasteiger partial charge in [-0.2, -0.15) is 0 Å². The number of benzene rings is 1. The zero-order valence-corrected chi connectivity index (χ0v) is 17.0. The summed E-state index contributed by atoms with van der Waals surface area (Å²) in [4.78, 5) is 17.4. The van der Waals surface area contributed by atoms with E-state index in [1.165, 1.54) is 0 Å². The van der Waals surface area contributed by atoms with Crippen LogP contribution in [-0.4, -0.2) is 63.4 Å². The van der Waals surface area contributed by atoms with Gasteiger partial charge in [-0.1, -0.05) is 30.3 Å². The molecular weight excluding hydrogens is 382 g/mol. The van der Waals surface area contributed by atoms with E-state index >= 15 is 0 Å². The van der Waals surface area contributed by atoms with Gasteiger partial charge in [0.2, 0.25) is 10.0 Å². The molecule has 28 heavy (non-hydrogen) atoms. The quantitative estimate of drug-likeness (QED) is 0.425. The Kier molecular flexibility index (Phi) is 8.52. The molecule has 1 aliphatic heterocycles. The Labute approximate surface area is 166 Å². The van der Waals surface area contributed by atoms with Crippen LogP contribution >= 0.6 is 0 Å². The number of amides is 1. The number of likely N-dealkylation sites (tertiary alicyclic amines) is 1. The summed E-state index contributed by atoms with van der Waals surface area (Å²) in [6.45, 7) is 3.63. The Morgan fingerprint density at radius 3 is 2.61 bits per heavy atom. The highest BCUT2D eigenvalue weighted by Gasteiger charge is 2.23. The summed E-state index contributed by atoms with van der Waals surface area (Å²) in [6.07, 6.45) is 1.16. The molecule has 9 nitrogen and oxygen atoms in total. The maximum Gasteiger partial charge on any atom is 0.409 e. The third kappa shape index (κ3) is 7.73. The molecule has 4 N–H and O–H groups in total. The number of sulfonamides is 1. The van der Waals surface area contributed by atoms with Crippen LogP contribution in [0.3, 0.4) is 0 Å². The van der Waals surface area contributed by atoms with Gasteiger partial charge in [0.1, 0.15) is 0 Å². The van der Waals surface area contributed by atoms with Crippen molar-refractivity contribution in [3.8, 4) is 0 Å². The molecule has 1 aliphatic rings. The van der Waals surface area contributed by atoms with Gasteiger partial charge in [-0.25, -0.2) is 17.9 Å². The van der Waals surface area contributed by atoms with Gasteiger partial charge in [-0.15, -0.1) is 0 Å². The molecule has 1 aromatic carbocycles. The standard InChI is InChI=1S/C18H29N5O4S/c1-2-27-18(24)23-11-8-16(9-12-23)22-17(19)20-10-13-28(25,26)21-14-15-6-4-3-5-7-15/h3-7,16,21H,2,8-14H2,1H3,(H3,19,20,22). The second-order valence-corrected chi connectivity index (χ2v) is 8.42. The number of ether oxygens (including phenoxy) is 1. The van der Waals surface area contributed by atoms with Gasteiger partial charge in [-0.05, 0) is 25.3 Å². The van der Waals surface area contributed by atoms with E-state index in [0.717, 1.165) is 18.4 Å². The second kappa shape index (κ2) is 10.9. The lowest BCUT2D eigenvalue weighted by Crippen LogP contribution is -2.48. The number of hydrogen-bond acceptors (Lipinski definition) is 5. The monoisotopic (exact) mass is 411 g/mol. The van der Waals surface area contributed by atoms with Crippen LogP contribution in [0.4, 0.5) is 4.79 Å². The molecule has 0 atom stereocenters. The van der Waals surface area contributed by atoms with Crippen LogP contribution in [0.15, 0.2) is 35.3 Å². The molecule has 1 amide bonds. The van der Waals surface area contributed by atoms with Crippen molar-refractivity contribution in [3.05, 3.63) is 35.9 Å². The third-order valence-electron chi connectivity index (χ3n) is 4.35. The van der Waals surface area contributed by atoms with E-state index in [9.17, 15) is 13.2 Å². The normalized spacial score (nSPS) is 16.0. The van der Waals surface area contributed by atoms with E-state index in [-0.39, 0.29) is 36.9 Å². The molecule has 1 saturated heterocycles. The second-order valence-electron chi connectivity index (χ2n) is 6.50. The van der Waals surface area contributed by atoms with Crippen molar-refractivity contribution in [1.82, 2.24) is 14.9 Å². The lowest BCUT2D eigenvalue weighted by Gasteiger charge is -2.31. The van der Waals surface area contributed by atoms with Gasteiger partial charge in [0, 0.05) is 25.7 Å². The van der Waals surface area contributed by atoms with E-state index < -0.39 is 10.0 Å². The summed E-state index contributed by atoms with van der Waals surface area (Å²) in [5, 5.41) is 3.09. The van der Waals surface area contributed by atoms with Crippen molar-refractivity contribution < 1.29 is 17.9 Å². The summed E-state index contributed by atoms with van der Waals surface area (Å²) in [5.74, 6) is 0.0802. The molecule has 1 aromatic rings. The smallest absolute Gasteiger partial charge is 0.409 e. The topological polar surface area (TPSA) is 126 Å². The fourth-order valence-electron chi connectivity index (χ4n) is 2.82. The summed E-state index contributed by atoms with van der Waals surface area (Å²) >= 11 is 0. The molecule has 1 fully saturated rings. The van der Waals surface area contributed by atoms with E-state index in [1.54, 1.807) is 11.8 Å². The molecule has 1 heterocycles. The number of piperidine rings is 1. The molecule has 0 aromatic heterocycles. The number of guanidine groups is 1. The van der Waals surface area contributed by atoms with Crippen molar-refractivity contribution >= 4 is 22.1 Å². The highest BCUT2D eigenvalue weighted by molar-refractivity contribution is 7.89. The van der Waals surface area contributed by atoms with Gasteiger partial charge in [-0.3, -0.25) is 4.99 Å². The van der Waals surface area contributed by atoms with Crippen LogP contribution in [0.25, 0.3) is 0 Å². The largest absolute Gasteiger partial charge is 0.450 e. The SMILES string of the molecule is CCOC(=O)N1CCC(NC(N)=NCCS(=O)(=O)NCc2ccccc2)CC1. The third-order valence-corrected chi connectivity index (χ3v) is 5.66. The summed E-state index contributed by atoms with van der Waals surface area (Å²) in [6, 6.07) is 9.41. The minimum absolute atomic E-state index is 0.0740. The summed E-state index contributed by atoms with van der Waals surface area (Å²) in [5.41, 5.74) is 6.75. The first kappa shape index (κ1) is 22.0. The summed E-state index contributed by atoms with van der Waals surface area (Å²) in [7, 11) is -3.43. The van der Waals surface area contributed by atoms with E-state index in [1.807, 2.05) is 30.3 Å². The van der Waals surface area contributed by atoms with Crippen LogP contribution in [0.5, 0.6) is 0 Å². The minimum atomic E-state index is -3.43. The number of rotatable bonds is 8. The van der Waals surface area contributed by atoms with E-state index in [2.05, 4.69) is 15.0 Å². The Morgan fingerprint density at radius 1 is 1.29 bits per heavy atom. The maximum atomic E-state index is 12.0. The fraction of sp³-hybridized carbons (Fsp3) is 0.556. The van der Waals surface area contributed by atoms with Crippen LogP contribution in [0, 0.1) is 0 Å². The molecule has 156 valence electrons. The van der Waals surface area contributed by atoms with Crippen molar-refractivity contribution in [1.29, 1.82) is 0 Å². The number of nitrogens with zero attached hydrogens (tertiary/aromatic N) is 2. The number of nitrogens with two attached hydrogens (primary N) is 1. The van der Waals surface area contributed by atoms with Crippen LogP contribution in [-0.2, 0) is 21.3 Å². The Balaban J connectivity index is 1.69. The van der Waals surface area contributed by atoms with Gasteiger partial charge in [0.05, 0.1) is 18.9 Å². The van der Waals surface area contributed by atoms with Crippen molar-refractivity contribution in [2.45, 2.75) is 32.4 Å². The van der Waals surface area contributed by atoms with E-state index in [0.29, 0.717) is 19.7 Å².